The maximum absolute atomic E-state index is 10.5. The summed E-state index contributed by atoms with van der Waals surface area (Å²) in [6, 6.07) is 8.40. The van der Waals surface area contributed by atoms with Crippen molar-refractivity contribution in [1.82, 2.24) is 0 Å². The molecule has 0 aliphatic heterocycles. The average molecular weight is 233 g/mol. The number of rotatable bonds is 4. The van der Waals surface area contributed by atoms with E-state index in [2.05, 4.69) is 31.2 Å². The molecule has 94 valence electrons. The summed E-state index contributed by atoms with van der Waals surface area (Å²) in [5, 5.41) is 10.5. The summed E-state index contributed by atoms with van der Waals surface area (Å²) in [5.41, 5.74) is 8.28. The first-order chi connectivity index (χ1) is 8.22. The molecule has 0 heterocycles. The minimum Gasteiger partial charge on any atom is -0.392 e. The highest BCUT2D eigenvalue weighted by Gasteiger charge is 2.29. The quantitative estimate of drug-likeness (QED) is 0.839. The molecule has 2 rings (SSSR count). The fourth-order valence-corrected chi connectivity index (χ4v) is 2.91. The van der Waals surface area contributed by atoms with Crippen molar-refractivity contribution >= 4 is 0 Å². The summed E-state index contributed by atoms with van der Waals surface area (Å²) in [7, 11) is 0. The fourth-order valence-electron chi connectivity index (χ4n) is 2.91. The van der Waals surface area contributed by atoms with E-state index in [-0.39, 0.29) is 12.0 Å². The van der Waals surface area contributed by atoms with Gasteiger partial charge in [0.15, 0.2) is 0 Å². The molecule has 1 aromatic carbocycles. The standard InChI is InChI=1S/C15H23NO/c1-11-6-8-12(9-7-11)14(10-16)15(17)13-4-2-3-5-13/h6-9,13-15,17H,2-5,10,16H2,1H3. The van der Waals surface area contributed by atoms with Gasteiger partial charge in [-0.2, -0.15) is 0 Å². The molecule has 0 bridgehead atoms. The molecule has 2 atom stereocenters. The molecule has 1 fully saturated rings. The number of benzene rings is 1. The first-order valence-corrected chi connectivity index (χ1v) is 6.67. The van der Waals surface area contributed by atoms with E-state index in [0.29, 0.717) is 12.5 Å². The van der Waals surface area contributed by atoms with Crippen molar-refractivity contribution in [3.63, 3.8) is 0 Å². The Kier molecular flexibility index (Phi) is 4.19. The Balaban J connectivity index is 2.11. The van der Waals surface area contributed by atoms with E-state index in [9.17, 15) is 5.11 Å². The molecule has 1 saturated carbocycles. The van der Waals surface area contributed by atoms with Crippen LogP contribution < -0.4 is 5.73 Å². The van der Waals surface area contributed by atoms with Crippen LogP contribution in [0.4, 0.5) is 0 Å². The van der Waals surface area contributed by atoms with Gasteiger partial charge in [-0.05, 0) is 31.2 Å². The number of nitrogens with two attached hydrogens (primary N) is 1. The topological polar surface area (TPSA) is 46.2 Å². The second kappa shape index (κ2) is 5.65. The summed E-state index contributed by atoms with van der Waals surface area (Å²) in [5.74, 6) is 0.545. The van der Waals surface area contributed by atoms with Gasteiger partial charge in [0.05, 0.1) is 6.10 Å². The third-order valence-electron chi connectivity index (χ3n) is 4.05. The number of aliphatic hydroxyl groups excluding tert-OH is 1. The first-order valence-electron chi connectivity index (χ1n) is 6.67. The second-order valence-corrected chi connectivity index (χ2v) is 5.29. The van der Waals surface area contributed by atoms with Gasteiger partial charge < -0.3 is 10.8 Å². The highest BCUT2D eigenvalue weighted by Crippen LogP contribution is 2.34. The molecule has 17 heavy (non-hydrogen) atoms. The molecule has 1 aromatic rings. The predicted octanol–water partition coefficient (Wildman–Crippen LogP) is 2.59. The van der Waals surface area contributed by atoms with E-state index < -0.39 is 0 Å². The lowest BCUT2D eigenvalue weighted by Crippen LogP contribution is -2.31. The van der Waals surface area contributed by atoms with Crippen LogP contribution in [0.25, 0.3) is 0 Å². The number of hydrogen-bond donors (Lipinski definition) is 2. The van der Waals surface area contributed by atoms with Crippen LogP contribution in [-0.4, -0.2) is 17.8 Å². The van der Waals surface area contributed by atoms with Gasteiger partial charge in [-0.25, -0.2) is 0 Å². The van der Waals surface area contributed by atoms with Crippen LogP contribution in [0.15, 0.2) is 24.3 Å². The van der Waals surface area contributed by atoms with E-state index >= 15 is 0 Å². The molecule has 0 radical (unpaired) electrons. The van der Waals surface area contributed by atoms with Crippen molar-refractivity contribution in [3.05, 3.63) is 35.4 Å². The Bertz CT molecular complexity index is 340. The summed E-state index contributed by atoms with van der Waals surface area (Å²) in [4.78, 5) is 0. The number of hydrogen-bond acceptors (Lipinski definition) is 2. The Morgan fingerprint density at radius 2 is 1.82 bits per heavy atom. The van der Waals surface area contributed by atoms with Crippen molar-refractivity contribution in [1.29, 1.82) is 0 Å². The normalized spacial score (nSPS) is 20.4. The molecule has 2 heteroatoms. The van der Waals surface area contributed by atoms with Gasteiger partial charge >= 0.3 is 0 Å². The van der Waals surface area contributed by atoms with E-state index in [4.69, 9.17) is 5.73 Å². The van der Waals surface area contributed by atoms with Crippen LogP contribution in [0.5, 0.6) is 0 Å². The monoisotopic (exact) mass is 233 g/mol. The Morgan fingerprint density at radius 3 is 2.35 bits per heavy atom. The lowest BCUT2D eigenvalue weighted by atomic mass is 9.85. The molecule has 1 aliphatic rings. The van der Waals surface area contributed by atoms with Gasteiger partial charge in [0.25, 0.3) is 0 Å². The molecule has 0 aromatic heterocycles. The highest BCUT2D eigenvalue weighted by atomic mass is 16.3. The smallest absolute Gasteiger partial charge is 0.0648 e. The lowest BCUT2D eigenvalue weighted by molar-refractivity contribution is 0.0851. The molecular formula is C15H23NO. The van der Waals surface area contributed by atoms with Crippen LogP contribution in [0.1, 0.15) is 42.7 Å². The van der Waals surface area contributed by atoms with Crippen LogP contribution in [0.3, 0.4) is 0 Å². The predicted molar refractivity (Wildman–Crippen MR) is 70.9 cm³/mol. The van der Waals surface area contributed by atoms with Gasteiger partial charge in [-0.3, -0.25) is 0 Å². The van der Waals surface area contributed by atoms with E-state index in [1.165, 1.54) is 24.0 Å². The summed E-state index contributed by atoms with van der Waals surface area (Å²) in [6.07, 6.45) is 4.55. The van der Waals surface area contributed by atoms with Crippen molar-refractivity contribution in [3.8, 4) is 0 Å². The molecule has 0 saturated heterocycles. The van der Waals surface area contributed by atoms with Crippen molar-refractivity contribution in [2.24, 2.45) is 11.7 Å². The fraction of sp³-hybridized carbons (Fsp3) is 0.600. The summed E-state index contributed by atoms with van der Waals surface area (Å²) in [6.45, 7) is 2.61. The molecular weight excluding hydrogens is 210 g/mol. The molecule has 1 aliphatic carbocycles. The third kappa shape index (κ3) is 2.88. The molecule has 0 amide bonds. The average Bonchev–Trinajstić information content (AvgIpc) is 2.86. The van der Waals surface area contributed by atoms with Gasteiger partial charge in [-0.15, -0.1) is 0 Å². The second-order valence-electron chi connectivity index (χ2n) is 5.29. The van der Waals surface area contributed by atoms with Crippen LogP contribution >= 0.6 is 0 Å². The summed E-state index contributed by atoms with van der Waals surface area (Å²) < 4.78 is 0. The molecule has 2 unspecified atom stereocenters. The van der Waals surface area contributed by atoms with E-state index in [1.807, 2.05) is 0 Å². The zero-order valence-corrected chi connectivity index (χ0v) is 10.6. The minimum atomic E-state index is -0.273. The number of aliphatic hydroxyl groups is 1. The van der Waals surface area contributed by atoms with E-state index in [0.717, 1.165) is 12.8 Å². The molecule has 2 nitrogen and oxygen atoms in total. The van der Waals surface area contributed by atoms with Crippen LogP contribution in [0, 0.1) is 12.8 Å². The maximum atomic E-state index is 10.5. The maximum Gasteiger partial charge on any atom is 0.0648 e. The molecule has 0 spiro atoms. The Morgan fingerprint density at radius 1 is 1.24 bits per heavy atom. The number of aryl methyl sites for hydroxylation is 1. The van der Waals surface area contributed by atoms with Gasteiger partial charge in [0.2, 0.25) is 0 Å². The van der Waals surface area contributed by atoms with Crippen LogP contribution in [0.2, 0.25) is 0 Å². The summed E-state index contributed by atoms with van der Waals surface area (Å²) >= 11 is 0. The van der Waals surface area contributed by atoms with Crippen molar-refractivity contribution in [2.45, 2.75) is 44.6 Å². The van der Waals surface area contributed by atoms with Crippen molar-refractivity contribution in [2.75, 3.05) is 6.54 Å². The Hall–Kier alpha value is -0.860. The van der Waals surface area contributed by atoms with Gasteiger partial charge in [0.1, 0.15) is 0 Å². The van der Waals surface area contributed by atoms with Crippen molar-refractivity contribution < 1.29 is 5.11 Å². The minimum absolute atomic E-state index is 0.0960. The zero-order valence-electron chi connectivity index (χ0n) is 10.6. The van der Waals surface area contributed by atoms with Gasteiger partial charge in [-0.1, -0.05) is 42.7 Å². The van der Waals surface area contributed by atoms with E-state index in [1.54, 1.807) is 0 Å². The lowest BCUT2D eigenvalue weighted by Gasteiger charge is -2.27. The van der Waals surface area contributed by atoms with Crippen LogP contribution in [-0.2, 0) is 0 Å². The highest BCUT2D eigenvalue weighted by molar-refractivity contribution is 5.26. The zero-order chi connectivity index (χ0) is 12.3. The first kappa shape index (κ1) is 12.6. The van der Waals surface area contributed by atoms with Gasteiger partial charge in [0, 0.05) is 12.5 Å². The largest absolute Gasteiger partial charge is 0.392 e. The SMILES string of the molecule is Cc1ccc(C(CN)C(O)C2CCCC2)cc1. The third-order valence-corrected chi connectivity index (χ3v) is 4.05. The molecule has 3 N–H and O–H groups in total. The Labute approximate surface area is 104 Å².